The quantitative estimate of drug-likeness (QED) is 0.836. The highest BCUT2D eigenvalue weighted by Gasteiger charge is 2.28. The van der Waals surface area contributed by atoms with Gasteiger partial charge in [0.05, 0.1) is 19.4 Å². The molecule has 3 rings (SSSR count). The monoisotopic (exact) mass is 338 g/mol. The average Bonchev–Trinajstić information content (AvgIpc) is 2.64. The third kappa shape index (κ3) is 3.52. The van der Waals surface area contributed by atoms with Gasteiger partial charge in [0.1, 0.15) is 17.1 Å². The van der Waals surface area contributed by atoms with E-state index in [0.29, 0.717) is 11.4 Å². The lowest BCUT2D eigenvalue weighted by molar-refractivity contribution is -0.118. The van der Waals surface area contributed by atoms with E-state index >= 15 is 0 Å². The molecule has 0 saturated carbocycles. The number of carbonyl (C=O) groups is 3. The number of benzene rings is 1. The highest BCUT2D eigenvalue weighted by Crippen LogP contribution is 2.16. The summed E-state index contributed by atoms with van der Waals surface area (Å²) in [5.41, 5.74) is 0.530. The zero-order valence-electron chi connectivity index (χ0n) is 13.3. The van der Waals surface area contributed by atoms with Crippen molar-refractivity contribution >= 4 is 23.2 Å². The molecule has 0 radical (unpaired) electrons. The lowest BCUT2D eigenvalue weighted by Gasteiger charge is -2.14. The summed E-state index contributed by atoms with van der Waals surface area (Å²) in [6.45, 7) is -0.0710. The van der Waals surface area contributed by atoms with Crippen LogP contribution in [0.2, 0.25) is 0 Å². The van der Waals surface area contributed by atoms with E-state index in [1.54, 1.807) is 31.4 Å². The second kappa shape index (κ2) is 6.91. The first-order valence-corrected chi connectivity index (χ1v) is 7.38. The zero-order valence-corrected chi connectivity index (χ0v) is 13.3. The van der Waals surface area contributed by atoms with Gasteiger partial charge in [0.2, 0.25) is 17.5 Å². The van der Waals surface area contributed by atoms with Crippen LogP contribution in [-0.2, 0) is 4.79 Å². The summed E-state index contributed by atoms with van der Waals surface area (Å²) in [5, 5.41) is 5.34. The molecule has 25 heavy (non-hydrogen) atoms. The number of aromatic nitrogens is 2. The molecule has 126 valence electrons. The molecule has 0 bridgehead atoms. The highest BCUT2D eigenvalue weighted by atomic mass is 16.5. The SMILES string of the molecule is COc1ccc(NCC(=O)NC2=CC(=O)c3nccnc3C2=O)cc1. The van der Waals surface area contributed by atoms with Crippen molar-refractivity contribution in [3.05, 3.63) is 59.8 Å². The minimum atomic E-state index is -0.541. The van der Waals surface area contributed by atoms with Crippen molar-refractivity contribution in [2.75, 3.05) is 19.0 Å². The number of carbonyl (C=O) groups excluding carboxylic acids is 3. The molecule has 0 unspecified atom stereocenters. The van der Waals surface area contributed by atoms with Crippen molar-refractivity contribution in [3.8, 4) is 5.75 Å². The van der Waals surface area contributed by atoms with Crippen LogP contribution in [0.1, 0.15) is 21.0 Å². The van der Waals surface area contributed by atoms with Crippen LogP contribution in [0.5, 0.6) is 5.75 Å². The van der Waals surface area contributed by atoms with E-state index in [1.807, 2.05) is 0 Å². The van der Waals surface area contributed by atoms with Crippen LogP contribution in [0, 0.1) is 0 Å². The van der Waals surface area contributed by atoms with Gasteiger partial charge in [0.15, 0.2) is 0 Å². The molecule has 0 spiro atoms. The number of nitrogens with zero attached hydrogens (tertiary/aromatic N) is 2. The molecular weight excluding hydrogens is 324 g/mol. The number of rotatable bonds is 5. The Bertz CT molecular complexity index is 874. The fourth-order valence-corrected chi connectivity index (χ4v) is 2.26. The second-order valence-corrected chi connectivity index (χ2v) is 5.14. The lowest BCUT2D eigenvalue weighted by Crippen LogP contribution is -2.35. The number of ether oxygens (including phenoxy) is 1. The van der Waals surface area contributed by atoms with Crippen molar-refractivity contribution in [3.63, 3.8) is 0 Å². The summed E-state index contributed by atoms with van der Waals surface area (Å²) in [6.07, 6.45) is 3.71. The molecule has 1 aromatic carbocycles. The van der Waals surface area contributed by atoms with Crippen LogP contribution in [0.15, 0.2) is 48.4 Å². The predicted octanol–water partition coefficient (Wildman–Crippen LogP) is 0.976. The molecule has 1 aromatic heterocycles. The number of methoxy groups -OCH3 is 1. The zero-order chi connectivity index (χ0) is 17.8. The van der Waals surface area contributed by atoms with E-state index in [2.05, 4.69) is 20.6 Å². The highest BCUT2D eigenvalue weighted by molar-refractivity contribution is 6.23. The maximum Gasteiger partial charge on any atom is 0.243 e. The van der Waals surface area contributed by atoms with Crippen LogP contribution in [0.25, 0.3) is 0 Å². The van der Waals surface area contributed by atoms with Gasteiger partial charge in [-0.1, -0.05) is 0 Å². The van der Waals surface area contributed by atoms with Gasteiger partial charge < -0.3 is 15.4 Å². The Morgan fingerprint density at radius 1 is 1.08 bits per heavy atom. The van der Waals surface area contributed by atoms with Crippen molar-refractivity contribution in [2.45, 2.75) is 0 Å². The molecule has 0 atom stereocenters. The third-order valence-corrected chi connectivity index (χ3v) is 3.48. The number of fused-ring (bicyclic) bond motifs is 1. The van der Waals surface area contributed by atoms with E-state index in [9.17, 15) is 14.4 Å². The predicted molar refractivity (Wildman–Crippen MR) is 88.4 cm³/mol. The molecule has 0 saturated heterocycles. The summed E-state index contributed by atoms with van der Waals surface area (Å²) in [5.74, 6) is -0.775. The Hall–Kier alpha value is -3.55. The van der Waals surface area contributed by atoms with Gasteiger partial charge in [-0.15, -0.1) is 0 Å². The van der Waals surface area contributed by atoms with E-state index < -0.39 is 17.5 Å². The molecule has 2 N–H and O–H groups in total. The first kappa shape index (κ1) is 16.3. The molecule has 0 fully saturated rings. The van der Waals surface area contributed by atoms with E-state index in [4.69, 9.17) is 4.74 Å². The first-order valence-electron chi connectivity index (χ1n) is 7.38. The second-order valence-electron chi connectivity index (χ2n) is 5.14. The molecular formula is C17H14N4O4. The van der Waals surface area contributed by atoms with Gasteiger partial charge in [-0.25, -0.2) is 9.97 Å². The Morgan fingerprint density at radius 2 is 1.76 bits per heavy atom. The fourth-order valence-electron chi connectivity index (χ4n) is 2.26. The van der Waals surface area contributed by atoms with Gasteiger partial charge >= 0.3 is 0 Å². The number of hydrogen-bond donors (Lipinski definition) is 2. The molecule has 1 aliphatic carbocycles. The van der Waals surface area contributed by atoms with E-state index in [-0.39, 0.29) is 23.6 Å². The number of allylic oxidation sites excluding steroid dienone is 2. The van der Waals surface area contributed by atoms with Gasteiger partial charge in [0, 0.05) is 24.2 Å². The molecule has 8 nitrogen and oxygen atoms in total. The normalized spacial score (nSPS) is 12.9. The number of anilines is 1. The smallest absolute Gasteiger partial charge is 0.243 e. The van der Waals surface area contributed by atoms with Crippen LogP contribution >= 0.6 is 0 Å². The Morgan fingerprint density at radius 3 is 2.44 bits per heavy atom. The summed E-state index contributed by atoms with van der Waals surface area (Å²) < 4.78 is 5.05. The number of Topliss-reactive ketones (excluding diaryl/α,β-unsaturated/α-hetero) is 1. The minimum absolute atomic E-state index is 0.0122. The van der Waals surface area contributed by atoms with Crippen molar-refractivity contribution in [1.29, 1.82) is 0 Å². The topological polar surface area (TPSA) is 110 Å². The maximum atomic E-state index is 12.3. The number of hydrogen-bond acceptors (Lipinski definition) is 7. The van der Waals surface area contributed by atoms with Crippen LogP contribution in [0.3, 0.4) is 0 Å². The van der Waals surface area contributed by atoms with Crippen LogP contribution in [-0.4, -0.2) is 41.1 Å². The van der Waals surface area contributed by atoms with E-state index in [0.717, 1.165) is 6.08 Å². The first-order chi connectivity index (χ1) is 12.1. The number of ketones is 2. The average molecular weight is 338 g/mol. The Kier molecular flexibility index (Phi) is 4.51. The molecule has 8 heteroatoms. The summed E-state index contributed by atoms with van der Waals surface area (Å²) in [6, 6.07) is 7.02. The van der Waals surface area contributed by atoms with Gasteiger partial charge in [-0.05, 0) is 24.3 Å². The summed E-state index contributed by atoms with van der Waals surface area (Å²) >= 11 is 0. The minimum Gasteiger partial charge on any atom is -0.497 e. The van der Waals surface area contributed by atoms with Crippen LogP contribution in [0.4, 0.5) is 5.69 Å². The summed E-state index contributed by atoms with van der Waals surface area (Å²) in [4.78, 5) is 44.0. The largest absolute Gasteiger partial charge is 0.497 e. The third-order valence-electron chi connectivity index (χ3n) is 3.48. The van der Waals surface area contributed by atoms with Gasteiger partial charge in [-0.3, -0.25) is 14.4 Å². The van der Waals surface area contributed by atoms with Gasteiger partial charge in [-0.2, -0.15) is 0 Å². The Labute approximate surface area is 142 Å². The Balaban J connectivity index is 1.63. The molecule has 1 aliphatic rings. The molecule has 2 aromatic rings. The van der Waals surface area contributed by atoms with Crippen molar-refractivity contribution in [2.24, 2.45) is 0 Å². The number of amides is 1. The summed E-state index contributed by atoms with van der Waals surface area (Å²) in [7, 11) is 1.56. The molecule has 1 amide bonds. The van der Waals surface area contributed by atoms with Gasteiger partial charge in [0.25, 0.3) is 0 Å². The van der Waals surface area contributed by atoms with Crippen molar-refractivity contribution in [1.82, 2.24) is 15.3 Å². The lowest BCUT2D eigenvalue weighted by atomic mass is 10.0. The molecule has 0 aliphatic heterocycles. The fraction of sp³-hybridized carbons (Fsp3) is 0.118. The van der Waals surface area contributed by atoms with Crippen molar-refractivity contribution < 1.29 is 19.1 Å². The molecule has 1 heterocycles. The standard InChI is InChI=1S/C17H14N4O4/c1-25-11-4-2-10(3-5-11)20-9-14(23)21-12-8-13(22)15-16(17(12)24)19-7-6-18-15/h2-8,20H,9H2,1H3,(H,21,23). The van der Waals surface area contributed by atoms with E-state index in [1.165, 1.54) is 12.4 Å². The number of nitrogens with one attached hydrogen (secondary N) is 2. The van der Waals surface area contributed by atoms with Crippen LogP contribution < -0.4 is 15.4 Å². The maximum absolute atomic E-state index is 12.3.